The molecule has 0 aromatic heterocycles. The summed E-state index contributed by atoms with van der Waals surface area (Å²) in [5.41, 5.74) is -0.420. The van der Waals surface area contributed by atoms with Crippen molar-refractivity contribution in [3.63, 3.8) is 0 Å². The van der Waals surface area contributed by atoms with E-state index in [0.717, 1.165) is 18.2 Å². The minimum absolute atomic E-state index is 0. The molecule has 0 unspecified atom stereocenters. The molecule has 0 aliphatic rings. The maximum atomic E-state index is 11.8. The van der Waals surface area contributed by atoms with Gasteiger partial charge in [-0.1, -0.05) is 18.2 Å². The van der Waals surface area contributed by atoms with Gasteiger partial charge in [-0.05, 0) is 48.6 Å². The van der Waals surface area contributed by atoms with Crippen molar-refractivity contribution >= 4 is 56.8 Å². The third-order valence-electron chi connectivity index (χ3n) is 4.58. The van der Waals surface area contributed by atoms with Crippen LogP contribution in [-0.2, 0) is 19.5 Å². The molecular formula is C19H16N3NaO8PS-. The molecule has 0 saturated heterocycles. The summed E-state index contributed by atoms with van der Waals surface area (Å²) in [5.74, 6) is -0.981. The Bertz CT molecular complexity index is 1430. The number of benzene rings is 3. The first-order valence-corrected chi connectivity index (χ1v) is 11.8. The zero-order valence-electron chi connectivity index (χ0n) is 18.6. The Balaban J connectivity index is 0.00000289. The fourth-order valence-electron chi connectivity index (χ4n) is 2.84. The van der Waals surface area contributed by atoms with Crippen molar-refractivity contribution in [3.8, 4) is 5.75 Å². The third kappa shape index (κ3) is 6.05. The van der Waals surface area contributed by atoms with E-state index in [4.69, 9.17) is 0 Å². The summed E-state index contributed by atoms with van der Waals surface area (Å²) in [5, 5.41) is 17.7. The number of anilines is 1. The van der Waals surface area contributed by atoms with Gasteiger partial charge in [-0.15, -0.1) is 5.11 Å². The molecule has 14 heteroatoms. The number of carbonyl (C=O) groups excluding carboxylic acids is 1. The van der Waals surface area contributed by atoms with Crippen LogP contribution in [0.1, 0.15) is 8.35 Å². The van der Waals surface area contributed by atoms with Gasteiger partial charge < -0.3 is 28.9 Å². The molecule has 0 spiro atoms. The van der Waals surface area contributed by atoms with Crippen LogP contribution in [0.5, 0.6) is 5.75 Å². The van der Waals surface area contributed by atoms with E-state index >= 15 is 0 Å². The number of phenolic OH excluding ortho intramolecular Hbond substituents is 1. The topological polar surface area (TPSA) is 186 Å². The standard InChI is InChI=1S/C19H18N3O8PS.Na/c1-11(23)22(2)14-7-6-12-8-17(32(28,29)30)18(19(24)16(12)10-14)21-20-13-4-3-5-15(9-13)31(25,26)27;/h3-10,24H,1-2H3,(H2,25,26,27)(H,28,29,30);/q;+1/p-2. The Morgan fingerprint density at radius 2 is 1.79 bits per heavy atom. The van der Waals surface area contributed by atoms with E-state index in [1.165, 1.54) is 49.2 Å². The van der Waals surface area contributed by atoms with Gasteiger partial charge >= 0.3 is 31.0 Å². The van der Waals surface area contributed by atoms with Crippen molar-refractivity contribution in [2.24, 2.45) is 10.2 Å². The van der Waals surface area contributed by atoms with Crippen LogP contribution in [0, 0.1) is 0 Å². The third-order valence-corrected chi connectivity index (χ3v) is 6.34. The van der Waals surface area contributed by atoms with Gasteiger partial charge in [0.2, 0.25) is 5.91 Å². The number of carbonyl (C=O) groups is 1. The average molecular weight is 500 g/mol. The smallest absolute Gasteiger partial charge is 0.807 e. The molecule has 3 aromatic carbocycles. The van der Waals surface area contributed by atoms with Crippen molar-refractivity contribution in [2.45, 2.75) is 11.8 Å². The van der Waals surface area contributed by atoms with Gasteiger partial charge in [0.25, 0.3) is 0 Å². The van der Waals surface area contributed by atoms with E-state index in [0.29, 0.717) is 5.69 Å². The van der Waals surface area contributed by atoms with Crippen molar-refractivity contribution in [1.82, 2.24) is 0 Å². The molecule has 33 heavy (non-hydrogen) atoms. The molecule has 0 radical (unpaired) electrons. The van der Waals surface area contributed by atoms with Crippen molar-refractivity contribution in [3.05, 3.63) is 48.5 Å². The van der Waals surface area contributed by atoms with Crippen molar-refractivity contribution in [1.29, 1.82) is 0 Å². The molecular weight excluding hydrogens is 484 g/mol. The number of hydrogen-bond donors (Lipinski definition) is 1. The van der Waals surface area contributed by atoms with Gasteiger partial charge in [-0.25, -0.2) is 8.42 Å². The molecule has 0 heterocycles. The van der Waals surface area contributed by atoms with Crippen molar-refractivity contribution < 1.29 is 68.2 Å². The zero-order valence-corrected chi connectivity index (χ0v) is 21.3. The van der Waals surface area contributed by atoms with E-state index in [-0.39, 0.29) is 53.4 Å². The summed E-state index contributed by atoms with van der Waals surface area (Å²) >= 11 is 0. The summed E-state index contributed by atoms with van der Waals surface area (Å²) in [6.45, 7) is 1.33. The molecule has 0 fully saturated rings. The average Bonchev–Trinajstić information content (AvgIpc) is 2.71. The molecule has 1 amide bonds. The molecule has 0 saturated carbocycles. The maximum Gasteiger partial charge on any atom is 1.00 e. The van der Waals surface area contributed by atoms with Crippen LogP contribution in [0.2, 0.25) is 0 Å². The number of fused-ring (bicyclic) bond motifs is 1. The van der Waals surface area contributed by atoms with Gasteiger partial charge in [-0.2, -0.15) is 5.11 Å². The normalized spacial score (nSPS) is 12.0. The Labute approximate surface area is 212 Å². The number of nitrogens with zero attached hydrogens (tertiary/aromatic N) is 3. The van der Waals surface area contributed by atoms with Gasteiger partial charge in [0.1, 0.15) is 15.8 Å². The molecule has 0 aliphatic heterocycles. The van der Waals surface area contributed by atoms with E-state index in [1.54, 1.807) is 0 Å². The molecule has 11 nitrogen and oxygen atoms in total. The number of azo groups is 1. The molecule has 0 aliphatic carbocycles. The Morgan fingerprint density at radius 3 is 2.36 bits per heavy atom. The van der Waals surface area contributed by atoms with Crippen LogP contribution in [0.3, 0.4) is 0 Å². The minimum Gasteiger partial charge on any atom is -0.807 e. The minimum atomic E-state index is -5.10. The zero-order chi connectivity index (χ0) is 23.8. The quantitative estimate of drug-likeness (QED) is 0.190. The summed E-state index contributed by atoms with van der Waals surface area (Å²) < 4.78 is 46.5. The Kier molecular flexibility index (Phi) is 8.21. The Morgan fingerprint density at radius 1 is 1.12 bits per heavy atom. The van der Waals surface area contributed by atoms with Crippen LogP contribution >= 0.6 is 7.60 Å². The second-order valence-corrected chi connectivity index (χ2v) is 9.59. The summed E-state index contributed by atoms with van der Waals surface area (Å²) in [6.07, 6.45) is 0. The van der Waals surface area contributed by atoms with Gasteiger partial charge in [0.05, 0.1) is 10.6 Å². The number of aromatic hydroxyl groups is 1. The SMILES string of the molecule is CC(=O)N(C)c1ccc2cc(S(=O)(=O)[O-])c(N=Nc3cccc(P(=O)([O-])[O-])c3)c(O)c2c1.[H+].[Na+]. The molecule has 1 N–H and O–H groups in total. The van der Waals surface area contributed by atoms with Crippen LogP contribution < -0.4 is 49.5 Å². The number of hydrogen-bond acceptors (Lipinski definition) is 10. The first kappa shape index (κ1) is 27.1. The monoisotopic (exact) mass is 500 g/mol. The van der Waals surface area contributed by atoms with E-state index in [2.05, 4.69) is 10.2 Å². The fourth-order valence-corrected chi connectivity index (χ4v) is 4.04. The second kappa shape index (κ2) is 10.00. The molecule has 0 atom stereocenters. The fraction of sp³-hybridized carbons (Fsp3) is 0.105. The predicted molar refractivity (Wildman–Crippen MR) is 112 cm³/mol. The van der Waals surface area contributed by atoms with E-state index in [1.807, 2.05) is 0 Å². The summed E-state index contributed by atoms with van der Waals surface area (Å²) in [7, 11) is -8.67. The van der Waals surface area contributed by atoms with Crippen LogP contribution in [0.15, 0.2) is 63.7 Å². The van der Waals surface area contributed by atoms with E-state index < -0.39 is 39.4 Å². The predicted octanol–water partition coefficient (Wildman–Crippen LogP) is -1.50. The van der Waals surface area contributed by atoms with Crippen LogP contribution in [0.4, 0.5) is 17.1 Å². The van der Waals surface area contributed by atoms with Crippen LogP contribution in [-0.4, -0.2) is 31.0 Å². The first-order valence-electron chi connectivity index (χ1n) is 8.83. The molecule has 0 bridgehead atoms. The molecule has 3 rings (SSSR count). The van der Waals surface area contributed by atoms with Crippen molar-refractivity contribution in [2.75, 3.05) is 11.9 Å². The number of amides is 1. The Hall–Kier alpha value is -2.15. The molecule has 168 valence electrons. The largest absolute Gasteiger partial charge is 1.00 e. The summed E-state index contributed by atoms with van der Waals surface area (Å²) in [4.78, 5) is 34.4. The van der Waals surface area contributed by atoms with E-state index in [9.17, 15) is 37.2 Å². The number of rotatable bonds is 5. The van der Waals surface area contributed by atoms with Crippen LogP contribution in [0.25, 0.3) is 10.8 Å². The number of phenols is 1. The van der Waals surface area contributed by atoms with Gasteiger partial charge in [-0.3, -0.25) is 4.79 Å². The molecule has 3 aromatic rings. The van der Waals surface area contributed by atoms with Gasteiger partial charge in [0.15, 0.2) is 5.75 Å². The first-order chi connectivity index (χ1) is 14.8. The maximum absolute atomic E-state index is 11.8. The van der Waals surface area contributed by atoms with Gasteiger partial charge in [0, 0.05) is 25.0 Å². The summed E-state index contributed by atoms with van der Waals surface area (Å²) in [6, 6.07) is 9.79. The second-order valence-electron chi connectivity index (χ2n) is 6.73.